The molecule has 1 heterocycles. The number of aryl methyl sites for hydroxylation is 1. The summed E-state index contributed by atoms with van der Waals surface area (Å²) in [6.45, 7) is 2.00. The number of amides is 1. The Morgan fingerprint density at radius 3 is 2.61 bits per heavy atom. The molecule has 0 saturated carbocycles. The molecule has 0 saturated heterocycles. The molecule has 6 nitrogen and oxygen atoms in total. The molecule has 2 aromatic carbocycles. The molecule has 0 aliphatic heterocycles. The van der Waals surface area contributed by atoms with Gasteiger partial charge in [-0.1, -0.05) is 24.3 Å². The fourth-order valence-electron chi connectivity index (χ4n) is 2.66. The Kier molecular flexibility index (Phi) is 6.26. The molecule has 0 aliphatic rings. The first kappa shape index (κ1) is 19.4. The zero-order valence-corrected chi connectivity index (χ0v) is 15.7. The fraction of sp³-hybridized carbons (Fsp3) is 0.238. The predicted octanol–water partition coefficient (Wildman–Crippen LogP) is 3.54. The Bertz CT molecular complexity index is 955. The molecule has 1 N–H and O–H groups in total. The molecule has 1 aromatic heterocycles. The lowest BCUT2D eigenvalue weighted by Crippen LogP contribution is -2.30. The van der Waals surface area contributed by atoms with Gasteiger partial charge in [0.05, 0.1) is 18.4 Å². The molecule has 7 heteroatoms. The van der Waals surface area contributed by atoms with Crippen molar-refractivity contribution in [2.75, 3.05) is 20.3 Å². The highest BCUT2D eigenvalue weighted by Gasteiger charge is 2.14. The lowest BCUT2D eigenvalue weighted by molar-refractivity contribution is -0.123. The highest BCUT2D eigenvalue weighted by atomic mass is 19.1. The number of oxazole rings is 1. The van der Waals surface area contributed by atoms with Crippen molar-refractivity contribution < 1.29 is 23.1 Å². The van der Waals surface area contributed by atoms with Crippen LogP contribution in [0.1, 0.15) is 11.5 Å². The normalized spacial score (nSPS) is 10.5. The lowest BCUT2D eigenvalue weighted by Gasteiger charge is -2.10. The molecule has 1 amide bonds. The van der Waals surface area contributed by atoms with E-state index in [1.165, 1.54) is 13.2 Å². The van der Waals surface area contributed by atoms with E-state index in [1.807, 2.05) is 6.07 Å². The van der Waals surface area contributed by atoms with Gasteiger partial charge < -0.3 is 19.2 Å². The van der Waals surface area contributed by atoms with Crippen LogP contribution in [0.3, 0.4) is 0 Å². The van der Waals surface area contributed by atoms with Gasteiger partial charge in [-0.15, -0.1) is 0 Å². The maximum Gasteiger partial charge on any atom is 0.257 e. The number of methoxy groups -OCH3 is 1. The minimum absolute atomic E-state index is 0.126. The second-order valence-corrected chi connectivity index (χ2v) is 6.04. The van der Waals surface area contributed by atoms with Crippen LogP contribution in [0.4, 0.5) is 4.39 Å². The molecule has 0 radical (unpaired) electrons. The van der Waals surface area contributed by atoms with Gasteiger partial charge in [0, 0.05) is 13.0 Å². The van der Waals surface area contributed by atoms with Gasteiger partial charge in [0.2, 0.25) is 5.89 Å². The number of hydrogen-bond acceptors (Lipinski definition) is 5. The Hall–Kier alpha value is -3.35. The van der Waals surface area contributed by atoms with Gasteiger partial charge in [-0.25, -0.2) is 9.37 Å². The first-order chi connectivity index (χ1) is 13.6. The Balaban J connectivity index is 1.51. The number of carbonyl (C=O) groups is 1. The van der Waals surface area contributed by atoms with E-state index in [2.05, 4.69) is 10.3 Å². The van der Waals surface area contributed by atoms with Crippen LogP contribution < -0.4 is 14.8 Å². The molecule has 0 atom stereocenters. The van der Waals surface area contributed by atoms with Crippen LogP contribution in [0, 0.1) is 12.7 Å². The van der Waals surface area contributed by atoms with Crippen LogP contribution in [-0.4, -0.2) is 31.2 Å². The monoisotopic (exact) mass is 384 g/mol. The summed E-state index contributed by atoms with van der Waals surface area (Å²) in [7, 11) is 1.54. The lowest BCUT2D eigenvalue weighted by atomic mass is 10.2. The number of rotatable bonds is 8. The molecule has 28 heavy (non-hydrogen) atoms. The number of hydrogen-bond donors (Lipinski definition) is 1. The number of nitrogens with one attached hydrogen (secondary N) is 1. The van der Waals surface area contributed by atoms with E-state index < -0.39 is 5.82 Å². The van der Waals surface area contributed by atoms with Gasteiger partial charge in [0.15, 0.2) is 18.1 Å². The van der Waals surface area contributed by atoms with Crippen LogP contribution in [0.25, 0.3) is 11.5 Å². The van der Waals surface area contributed by atoms with Crippen LogP contribution >= 0.6 is 0 Å². The third kappa shape index (κ3) is 4.68. The number of ether oxygens (including phenoxy) is 2. The van der Waals surface area contributed by atoms with Crippen LogP contribution in [0.5, 0.6) is 11.5 Å². The smallest absolute Gasteiger partial charge is 0.257 e. The van der Waals surface area contributed by atoms with Crippen molar-refractivity contribution in [3.8, 4) is 23.0 Å². The highest BCUT2D eigenvalue weighted by molar-refractivity contribution is 5.77. The average Bonchev–Trinajstić information content (AvgIpc) is 3.07. The quantitative estimate of drug-likeness (QED) is 0.643. The van der Waals surface area contributed by atoms with Crippen LogP contribution in [0.15, 0.2) is 52.9 Å². The largest absolute Gasteiger partial charge is 0.493 e. The predicted molar refractivity (Wildman–Crippen MR) is 102 cm³/mol. The average molecular weight is 384 g/mol. The Morgan fingerprint density at radius 1 is 1.14 bits per heavy atom. The number of aromatic nitrogens is 1. The topological polar surface area (TPSA) is 73.6 Å². The number of para-hydroxylation sites is 2. The minimum atomic E-state index is -0.392. The van der Waals surface area contributed by atoms with E-state index >= 15 is 0 Å². The van der Waals surface area contributed by atoms with E-state index in [1.54, 1.807) is 43.3 Å². The molecular weight excluding hydrogens is 363 g/mol. The molecule has 0 bridgehead atoms. The third-order valence-electron chi connectivity index (χ3n) is 4.11. The maximum atomic E-state index is 13.9. The van der Waals surface area contributed by atoms with Crippen molar-refractivity contribution >= 4 is 5.91 Å². The van der Waals surface area contributed by atoms with E-state index in [4.69, 9.17) is 13.9 Å². The van der Waals surface area contributed by atoms with E-state index in [0.29, 0.717) is 41.5 Å². The summed E-state index contributed by atoms with van der Waals surface area (Å²) >= 11 is 0. The number of nitrogens with zero attached hydrogens (tertiary/aromatic N) is 1. The molecule has 146 valence electrons. The summed E-state index contributed by atoms with van der Waals surface area (Å²) in [4.78, 5) is 16.3. The van der Waals surface area contributed by atoms with Crippen molar-refractivity contribution in [1.82, 2.24) is 10.3 Å². The summed E-state index contributed by atoms with van der Waals surface area (Å²) < 4.78 is 30.1. The zero-order chi connectivity index (χ0) is 19.9. The van der Waals surface area contributed by atoms with E-state index in [9.17, 15) is 9.18 Å². The number of halogens is 1. The number of carbonyl (C=O) groups excluding carboxylic acids is 1. The summed E-state index contributed by atoms with van der Waals surface area (Å²) in [6.07, 6.45) is 0.462. The van der Waals surface area contributed by atoms with Crippen LogP contribution in [-0.2, 0) is 11.2 Å². The molecule has 3 rings (SSSR count). The van der Waals surface area contributed by atoms with Gasteiger partial charge >= 0.3 is 0 Å². The number of benzene rings is 2. The minimum Gasteiger partial charge on any atom is -0.493 e. The fourth-order valence-corrected chi connectivity index (χ4v) is 2.66. The van der Waals surface area contributed by atoms with Crippen molar-refractivity contribution in [2.24, 2.45) is 0 Å². The van der Waals surface area contributed by atoms with Gasteiger partial charge in [-0.05, 0) is 31.2 Å². The van der Waals surface area contributed by atoms with Gasteiger partial charge in [-0.2, -0.15) is 0 Å². The van der Waals surface area contributed by atoms with Crippen molar-refractivity contribution in [3.63, 3.8) is 0 Å². The molecule has 0 spiro atoms. The Labute approximate surface area is 162 Å². The second-order valence-electron chi connectivity index (χ2n) is 6.04. The Morgan fingerprint density at radius 2 is 1.86 bits per heavy atom. The summed E-state index contributed by atoms with van der Waals surface area (Å²) in [5.74, 6) is 1.24. The standard InChI is InChI=1S/C21H21FN2O4/c1-14-17(24-21(28-14)15-7-3-4-8-16(15)22)11-12-23-20(25)13-27-19-10-6-5-9-18(19)26-2/h3-10H,11-13H2,1-2H3,(H,23,25). The molecule has 0 unspecified atom stereocenters. The van der Waals surface area contributed by atoms with Gasteiger partial charge in [0.1, 0.15) is 11.6 Å². The third-order valence-corrected chi connectivity index (χ3v) is 4.11. The highest BCUT2D eigenvalue weighted by Crippen LogP contribution is 2.26. The summed E-state index contributed by atoms with van der Waals surface area (Å²) in [5.41, 5.74) is 0.982. The SMILES string of the molecule is COc1ccccc1OCC(=O)NCCc1nc(-c2ccccc2F)oc1C. The molecule has 0 aliphatic carbocycles. The van der Waals surface area contributed by atoms with Crippen LogP contribution in [0.2, 0.25) is 0 Å². The molecule has 0 fully saturated rings. The first-order valence-corrected chi connectivity index (χ1v) is 8.82. The van der Waals surface area contributed by atoms with Crippen molar-refractivity contribution in [3.05, 3.63) is 65.8 Å². The van der Waals surface area contributed by atoms with Crippen molar-refractivity contribution in [1.29, 1.82) is 0 Å². The zero-order valence-electron chi connectivity index (χ0n) is 15.7. The second kappa shape index (κ2) is 9.03. The maximum absolute atomic E-state index is 13.9. The first-order valence-electron chi connectivity index (χ1n) is 8.82. The molecule has 3 aromatic rings. The summed E-state index contributed by atoms with van der Waals surface area (Å²) in [6, 6.07) is 13.4. The summed E-state index contributed by atoms with van der Waals surface area (Å²) in [5, 5.41) is 2.77. The van der Waals surface area contributed by atoms with Gasteiger partial charge in [0.25, 0.3) is 5.91 Å². The van der Waals surface area contributed by atoms with Crippen molar-refractivity contribution in [2.45, 2.75) is 13.3 Å². The van der Waals surface area contributed by atoms with E-state index in [0.717, 1.165) is 0 Å². The van der Waals surface area contributed by atoms with E-state index in [-0.39, 0.29) is 18.4 Å². The molecular formula is C21H21FN2O4. The van der Waals surface area contributed by atoms with Gasteiger partial charge in [-0.3, -0.25) is 4.79 Å².